The second kappa shape index (κ2) is 5.08. The average Bonchev–Trinajstić information content (AvgIpc) is 2.66. The molecule has 90 valence electrons. The van der Waals surface area contributed by atoms with Gasteiger partial charge in [0, 0.05) is 5.69 Å². The minimum atomic E-state index is 0.527. The van der Waals surface area contributed by atoms with Crippen LogP contribution in [0.25, 0.3) is 5.69 Å². The Balaban J connectivity index is 2.42. The molecule has 0 atom stereocenters. The number of hydrogen-bond acceptors (Lipinski definition) is 2. The molecule has 0 fully saturated rings. The van der Waals surface area contributed by atoms with Gasteiger partial charge < -0.3 is 5.73 Å². The fourth-order valence-electron chi connectivity index (χ4n) is 1.72. The molecule has 17 heavy (non-hydrogen) atoms. The normalized spacial score (nSPS) is 10.8. The van der Waals surface area contributed by atoms with Crippen molar-refractivity contribution < 1.29 is 0 Å². The van der Waals surface area contributed by atoms with E-state index >= 15 is 0 Å². The van der Waals surface area contributed by atoms with Gasteiger partial charge in [0.2, 0.25) is 0 Å². The summed E-state index contributed by atoms with van der Waals surface area (Å²) in [6.45, 7) is 2.63. The Morgan fingerprint density at radius 1 is 1.29 bits per heavy atom. The summed E-state index contributed by atoms with van der Waals surface area (Å²) in [5, 5.41) is 5.41. The zero-order valence-corrected chi connectivity index (χ0v) is 11.0. The highest BCUT2D eigenvalue weighted by Crippen LogP contribution is 2.25. The van der Waals surface area contributed by atoms with Gasteiger partial charge in [0.15, 0.2) is 0 Å². The van der Waals surface area contributed by atoms with E-state index in [-0.39, 0.29) is 0 Å². The predicted octanol–water partition coefficient (Wildman–Crippen LogP) is 2.99. The van der Waals surface area contributed by atoms with Crippen LogP contribution in [0, 0.1) is 6.92 Å². The Morgan fingerprint density at radius 3 is 2.71 bits per heavy atom. The molecule has 0 saturated carbocycles. The van der Waals surface area contributed by atoms with Crippen LogP contribution < -0.4 is 5.73 Å². The Hall–Kier alpha value is -1.03. The minimum Gasteiger partial charge on any atom is -0.330 e. The van der Waals surface area contributed by atoms with Crippen molar-refractivity contribution in [2.45, 2.75) is 13.3 Å². The van der Waals surface area contributed by atoms with E-state index in [0.717, 1.165) is 23.4 Å². The van der Waals surface area contributed by atoms with E-state index in [0.29, 0.717) is 16.6 Å². The van der Waals surface area contributed by atoms with Gasteiger partial charge in [0.1, 0.15) is 0 Å². The van der Waals surface area contributed by atoms with Gasteiger partial charge in [-0.05, 0) is 43.7 Å². The van der Waals surface area contributed by atoms with Gasteiger partial charge in [0.05, 0.1) is 21.9 Å². The van der Waals surface area contributed by atoms with Crippen molar-refractivity contribution in [1.82, 2.24) is 9.78 Å². The standard InChI is InChI=1S/C12H13Cl2N3/c1-8-9(4-5-15)7-16-17(8)10-2-3-11(13)12(14)6-10/h2-3,6-7H,4-5,15H2,1H3. The summed E-state index contributed by atoms with van der Waals surface area (Å²) in [5.41, 5.74) is 8.68. The first-order valence-electron chi connectivity index (χ1n) is 5.32. The number of nitrogens with zero attached hydrogens (tertiary/aromatic N) is 2. The molecule has 0 amide bonds. The molecule has 1 heterocycles. The Morgan fingerprint density at radius 2 is 2.06 bits per heavy atom. The summed E-state index contributed by atoms with van der Waals surface area (Å²) in [7, 11) is 0. The average molecular weight is 270 g/mol. The number of rotatable bonds is 3. The highest BCUT2D eigenvalue weighted by atomic mass is 35.5. The van der Waals surface area contributed by atoms with Crippen LogP contribution in [-0.4, -0.2) is 16.3 Å². The lowest BCUT2D eigenvalue weighted by Crippen LogP contribution is -2.04. The van der Waals surface area contributed by atoms with Crippen molar-refractivity contribution in [3.8, 4) is 5.69 Å². The summed E-state index contributed by atoms with van der Waals surface area (Å²) >= 11 is 11.9. The number of nitrogens with two attached hydrogens (primary N) is 1. The molecule has 2 aromatic rings. The van der Waals surface area contributed by atoms with Crippen LogP contribution in [0.1, 0.15) is 11.3 Å². The molecule has 0 aliphatic rings. The molecular formula is C12H13Cl2N3. The van der Waals surface area contributed by atoms with Crippen LogP contribution >= 0.6 is 23.2 Å². The summed E-state index contributed by atoms with van der Waals surface area (Å²) in [5.74, 6) is 0. The number of aromatic nitrogens is 2. The van der Waals surface area contributed by atoms with E-state index in [9.17, 15) is 0 Å². The second-order valence-electron chi connectivity index (χ2n) is 3.80. The lowest BCUT2D eigenvalue weighted by atomic mass is 10.2. The zero-order valence-electron chi connectivity index (χ0n) is 9.45. The molecule has 2 N–H and O–H groups in total. The first kappa shape index (κ1) is 12.4. The fourth-order valence-corrected chi connectivity index (χ4v) is 2.01. The number of benzene rings is 1. The Labute approximate surface area is 110 Å². The highest BCUT2D eigenvalue weighted by Gasteiger charge is 2.08. The summed E-state index contributed by atoms with van der Waals surface area (Å²) in [6, 6.07) is 5.46. The molecule has 0 radical (unpaired) electrons. The quantitative estimate of drug-likeness (QED) is 0.931. The van der Waals surface area contributed by atoms with Gasteiger partial charge in [-0.1, -0.05) is 23.2 Å². The maximum atomic E-state index is 5.99. The Bertz CT molecular complexity index is 535. The van der Waals surface area contributed by atoms with Crippen LogP contribution in [0.15, 0.2) is 24.4 Å². The number of halogens is 2. The summed E-state index contributed by atoms with van der Waals surface area (Å²) in [6.07, 6.45) is 2.66. The van der Waals surface area contributed by atoms with Gasteiger partial charge in [-0.25, -0.2) is 4.68 Å². The molecule has 2 rings (SSSR count). The largest absolute Gasteiger partial charge is 0.330 e. The van der Waals surface area contributed by atoms with E-state index in [1.807, 2.05) is 23.9 Å². The van der Waals surface area contributed by atoms with Gasteiger partial charge >= 0.3 is 0 Å². The van der Waals surface area contributed by atoms with E-state index in [2.05, 4.69) is 5.10 Å². The molecule has 0 saturated heterocycles. The van der Waals surface area contributed by atoms with Crippen LogP contribution in [0.2, 0.25) is 10.0 Å². The third-order valence-corrected chi connectivity index (χ3v) is 3.41. The molecule has 3 nitrogen and oxygen atoms in total. The molecule has 0 unspecified atom stereocenters. The first-order valence-corrected chi connectivity index (χ1v) is 6.08. The molecule has 0 aliphatic heterocycles. The molecule has 0 aliphatic carbocycles. The zero-order chi connectivity index (χ0) is 12.4. The number of hydrogen-bond donors (Lipinski definition) is 1. The minimum absolute atomic E-state index is 0.527. The van der Waals surface area contributed by atoms with Gasteiger partial charge in [0.25, 0.3) is 0 Å². The van der Waals surface area contributed by atoms with E-state index in [1.54, 1.807) is 12.1 Å². The van der Waals surface area contributed by atoms with Crippen molar-refractivity contribution >= 4 is 23.2 Å². The third-order valence-electron chi connectivity index (χ3n) is 2.67. The summed E-state index contributed by atoms with van der Waals surface area (Å²) in [4.78, 5) is 0. The molecular weight excluding hydrogens is 257 g/mol. The fraction of sp³-hybridized carbons (Fsp3) is 0.250. The van der Waals surface area contributed by atoms with Crippen LogP contribution in [0.5, 0.6) is 0 Å². The SMILES string of the molecule is Cc1c(CCN)cnn1-c1ccc(Cl)c(Cl)c1. The topological polar surface area (TPSA) is 43.8 Å². The molecule has 0 spiro atoms. The molecule has 5 heteroatoms. The molecule has 1 aromatic carbocycles. The molecule has 0 bridgehead atoms. The highest BCUT2D eigenvalue weighted by molar-refractivity contribution is 6.42. The lowest BCUT2D eigenvalue weighted by Gasteiger charge is -2.06. The Kier molecular flexibility index (Phi) is 3.72. The van der Waals surface area contributed by atoms with Gasteiger partial charge in [-0.15, -0.1) is 0 Å². The van der Waals surface area contributed by atoms with E-state index < -0.39 is 0 Å². The summed E-state index contributed by atoms with van der Waals surface area (Å²) < 4.78 is 1.84. The third kappa shape index (κ3) is 2.46. The van der Waals surface area contributed by atoms with Crippen LogP contribution in [0.4, 0.5) is 0 Å². The first-order chi connectivity index (χ1) is 8.13. The van der Waals surface area contributed by atoms with E-state index in [1.165, 1.54) is 0 Å². The van der Waals surface area contributed by atoms with Crippen LogP contribution in [-0.2, 0) is 6.42 Å². The lowest BCUT2D eigenvalue weighted by molar-refractivity contribution is 0.841. The molecule has 1 aromatic heterocycles. The smallest absolute Gasteiger partial charge is 0.0664 e. The van der Waals surface area contributed by atoms with Crippen molar-refractivity contribution in [2.75, 3.05) is 6.54 Å². The van der Waals surface area contributed by atoms with Gasteiger partial charge in [-0.2, -0.15) is 5.10 Å². The maximum absolute atomic E-state index is 5.99. The van der Waals surface area contributed by atoms with E-state index in [4.69, 9.17) is 28.9 Å². The van der Waals surface area contributed by atoms with Crippen molar-refractivity contribution in [1.29, 1.82) is 0 Å². The van der Waals surface area contributed by atoms with Crippen molar-refractivity contribution in [2.24, 2.45) is 5.73 Å². The van der Waals surface area contributed by atoms with Crippen molar-refractivity contribution in [3.05, 3.63) is 45.7 Å². The maximum Gasteiger partial charge on any atom is 0.0664 e. The predicted molar refractivity (Wildman–Crippen MR) is 71.1 cm³/mol. The monoisotopic (exact) mass is 269 g/mol. The van der Waals surface area contributed by atoms with Crippen molar-refractivity contribution in [3.63, 3.8) is 0 Å². The second-order valence-corrected chi connectivity index (χ2v) is 4.62. The van der Waals surface area contributed by atoms with Crippen LogP contribution in [0.3, 0.4) is 0 Å². The van der Waals surface area contributed by atoms with Gasteiger partial charge in [-0.3, -0.25) is 0 Å².